The van der Waals surface area contributed by atoms with Gasteiger partial charge in [0.1, 0.15) is 0 Å². The standard InChI is InChI=1S/C10H19NO3/c1-2-3-4-5-6-9(13)10(14)8(11)7-12/h2-5,8-10,12-14H,6-7,11H2,1H3/b3-2+,5-4+/t8-,9+,10-/m0/s1. The second-order valence-corrected chi connectivity index (χ2v) is 3.09. The van der Waals surface area contributed by atoms with Crippen LogP contribution in [0.2, 0.25) is 0 Å². The van der Waals surface area contributed by atoms with Crippen LogP contribution in [0.1, 0.15) is 13.3 Å². The summed E-state index contributed by atoms with van der Waals surface area (Å²) in [5.74, 6) is 0. The van der Waals surface area contributed by atoms with Crippen LogP contribution in [0.4, 0.5) is 0 Å². The molecule has 0 heterocycles. The van der Waals surface area contributed by atoms with Crippen LogP contribution >= 0.6 is 0 Å². The van der Waals surface area contributed by atoms with Crippen molar-refractivity contribution in [3.8, 4) is 0 Å². The zero-order valence-electron chi connectivity index (χ0n) is 8.37. The summed E-state index contributed by atoms with van der Waals surface area (Å²) < 4.78 is 0. The first-order chi connectivity index (χ1) is 6.63. The number of allylic oxidation sites excluding steroid dienone is 3. The minimum absolute atomic E-state index is 0.319. The largest absolute Gasteiger partial charge is 0.395 e. The normalized spacial score (nSPS) is 18.9. The van der Waals surface area contributed by atoms with E-state index < -0.39 is 18.2 Å². The van der Waals surface area contributed by atoms with Gasteiger partial charge in [-0.3, -0.25) is 0 Å². The third kappa shape index (κ3) is 5.14. The molecule has 0 aliphatic heterocycles. The van der Waals surface area contributed by atoms with Gasteiger partial charge in [0.15, 0.2) is 0 Å². The van der Waals surface area contributed by atoms with E-state index in [0.29, 0.717) is 6.42 Å². The summed E-state index contributed by atoms with van der Waals surface area (Å²) in [6, 6.07) is -0.792. The zero-order valence-corrected chi connectivity index (χ0v) is 8.37. The van der Waals surface area contributed by atoms with Gasteiger partial charge >= 0.3 is 0 Å². The molecule has 0 saturated carbocycles. The van der Waals surface area contributed by atoms with Crippen LogP contribution < -0.4 is 5.73 Å². The van der Waals surface area contributed by atoms with Gasteiger partial charge in [0.05, 0.1) is 24.9 Å². The predicted octanol–water partition coefficient (Wildman–Crippen LogP) is -0.450. The van der Waals surface area contributed by atoms with E-state index in [2.05, 4.69) is 0 Å². The second-order valence-electron chi connectivity index (χ2n) is 3.09. The molecule has 14 heavy (non-hydrogen) atoms. The molecule has 0 aromatic rings. The Morgan fingerprint density at radius 1 is 1.29 bits per heavy atom. The van der Waals surface area contributed by atoms with E-state index in [-0.39, 0.29) is 6.61 Å². The summed E-state index contributed by atoms with van der Waals surface area (Å²) in [5, 5.41) is 27.4. The van der Waals surface area contributed by atoms with Crippen LogP contribution in [-0.4, -0.2) is 40.2 Å². The zero-order chi connectivity index (χ0) is 11.0. The van der Waals surface area contributed by atoms with Crippen LogP contribution in [0.15, 0.2) is 24.3 Å². The second kappa shape index (κ2) is 7.70. The maximum Gasteiger partial charge on any atom is 0.0974 e. The lowest BCUT2D eigenvalue weighted by molar-refractivity contribution is -0.00516. The third-order valence-electron chi connectivity index (χ3n) is 1.86. The van der Waals surface area contributed by atoms with Gasteiger partial charge in [-0.1, -0.05) is 24.3 Å². The van der Waals surface area contributed by atoms with Crippen LogP contribution in [0.25, 0.3) is 0 Å². The van der Waals surface area contributed by atoms with Crippen LogP contribution in [0.5, 0.6) is 0 Å². The molecule has 82 valence electrons. The topological polar surface area (TPSA) is 86.7 Å². The predicted molar refractivity (Wildman–Crippen MR) is 55.6 cm³/mol. The minimum Gasteiger partial charge on any atom is -0.395 e. The first-order valence-corrected chi connectivity index (χ1v) is 4.63. The molecule has 0 aliphatic carbocycles. The van der Waals surface area contributed by atoms with Gasteiger partial charge in [0, 0.05) is 0 Å². The summed E-state index contributed by atoms with van der Waals surface area (Å²) in [6.45, 7) is 1.55. The lowest BCUT2D eigenvalue weighted by atomic mass is 10.0. The number of hydrogen-bond donors (Lipinski definition) is 4. The van der Waals surface area contributed by atoms with E-state index in [1.807, 2.05) is 19.1 Å². The van der Waals surface area contributed by atoms with E-state index in [4.69, 9.17) is 10.8 Å². The fourth-order valence-corrected chi connectivity index (χ4v) is 0.940. The van der Waals surface area contributed by atoms with Crippen molar-refractivity contribution in [3.63, 3.8) is 0 Å². The number of hydrogen-bond acceptors (Lipinski definition) is 4. The fraction of sp³-hybridized carbons (Fsp3) is 0.600. The molecule has 0 aromatic carbocycles. The van der Waals surface area contributed by atoms with E-state index in [0.717, 1.165) is 0 Å². The van der Waals surface area contributed by atoms with Crippen LogP contribution in [0.3, 0.4) is 0 Å². The summed E-state index contributed by atoms with van der Waals surface area (Å²) in [7, 11) is 0. The van der Waals surface area contributed by atoms with Gasteiger partial charge in [-0.25, -0.2) is 0 Å². The van der Waals surface area contributed by atoms with Gasteiger partial charge in [-0.15, -0.1) is 0 Å². The molecule has 0 radical (unpaired) electrons. The molecule has 4 heteroatoms. The van der Waals surface area contributed by atoms with Crippen molar-refractivity contribution in [1.29, 1.82) is 0 Å². The molecule has 0 aromatic heterocycles. The lowest BCUT2D eigenvalue weighted by Crippen LogP contribution is -2.45. The van der Waals surface area contributed by atoms with Gasteiger partial charge in [0.25, 0.3) is 0 Å². The molecule has 0 saturated heterocycles. The van der Waals surface area contributed by atoms with Gasteiger partial charge in [-0.2, -0.15) is 0 Å². The molecular formula is C10H19NO3. The first-order valence-electron chi connectivity index (χ1n) is 4.63. The Kier molecular flexibility index (Phi) is 7.32. The molecule has 0 amide bonds. The van der Waals surface area contributed by atoms with Crippen molar-refractivity contribution in [3.05, 3.63) is 24.3 Å². The summed E-state index contributed by atoms with van der Waals surface area (Å²) in [6.07, 6.45) is 5.50. The van der Waals surface area contributed by atoms with Gasteiger partial charge < -0.3 is 21.1 Å². The Morgan fingerprint density at radius 3 is 2.43 bits per heavy atom. The van der Waals surface area contributed by atoms with Crippen molar-refractivity contribution in [2.75, 3.05) is 6.61 Å². The summed E-state index contributed by atoms with van der Waals surface area (Å²) in [5.41, 5.74) is 5.35. The smallest absolute Gasteiger partial charge is 0.0974 e. The van der Waals surface area contributed by atoms with Crippen molar-refractivity contribution >= 4 is 0 Å². The van der Waals surface area contributed by atoms with Crippen LogP contribution in [0, 0.1) is 0 Å². The Labute approximate surface area is 84.4 Å². The highest BCUT2D eigenvalue weighted by Gasteiger charge is 2.21. The van der Waals surface area contributed by atoms with E-state index in [1.165, 1.54) is 0 Å². The molecule has 5 N–H and O–H groups in total. The van der Waals surface area contributed by atoms with Crippen molar-refractivity contribution < 1.29 is 15.3 Å². The Bertz CT molecular complexity index is 192. The number of aliphatic hydroxyl groups is 3. The lowest BCUT2D eigenvalue weighted by Gasteiger charge is -2.20. The van der Waals surface area contributed by atoms with Crippen molar-refractivity contribution in [2.45, 2.75) is 31.6 Å². The van der Waals surface area contributed by atoms with Crippen molar-refractivity contribution in [2.24, 2.45) is 5.73 Å². The number of aliphatic hydroxyl groups excluding tert-OH is 3. The monoisotopic (exact) mass is 201 g/mol. The number of nitrogens with two attached hydrogens (primary N) is 1. The summed E-state index contributed by atoms with van der Waals surface area (Å²) in [4.78, 5) is 0. The Hall–Kier alpha value is -0.680. The first kappa shape index (κ1) is 13.3. The third-order valence-corrected chi connectivity index (χ3v) is 1.86. The average Bonchev–Trinajstić information content (AvgIpc) is 2.21. The molecule has 0 bridgehead atoms. The van der Waals surface area contributed by atoms with E-state index in [9.17, 15) is 10.2 Å². The summed E-state index contributed by atoms with van der Waals surface area (Å²) >= 11 is 0. The quantitative estimate of drug-likeness (QED) is 0.438. The Balaban J connectivity index is 3.88. The van der Waals surface area contributed by atoms with Crippen LogP contribution in [-0.2, 0) is 0 Å². The molecule has 0 fully saturated rings. The molecule has 0 rings (SSSR count). The van der Waals surface area contributed by atoms with Gasteiger partial charge in [-0.05, 0) is 13.3 Å². The van der Waals surface area contributed by atoms with E-state index >= 15 is 0 Å². The van der Waals surface area contributed by atoms with Crippen molar-refractivity contribution in [1.82, 2.24) is 0 Å². The Morgan fingerprint density at radius 2 is 1.93 bits per heavy atom. The highest BCUT2D eigenvalue weighted by Crippen LogP contribution is 2.03. The minimum atomic E-state index is -1.09. The highest BCUT2D eigenvalue weighted by atomic mass is 16.3. The van der Waals surface area contributed by atoms with Gasteiger partial charge in [0.2, 0.25) is 0 Å². The molecule has 3 atom stereocenters. The maximum atomic E-state index is 9.40. The maximum absolute atomic E-state index is 9.40. The average molecular weight is 201 g/mol. The fourth-order valence-electron chi connectivity index (χ4n) is 0.940. The molecule has 0 aliphatic rings. The highest BCUT2D eigenvalue weighted by molar-refractivity contribution is 5.02. The SMILES string of the molecule is C/C=C/C=C/C[C@@H](O)[C@@H](O)[C@@H](N)CO. The van der Waals surface area contributed by atoms with E-state index in [1.54, 1.807) is 12.2 Å². The molecule has 0 spiro atoms. The molecular weight excluding hydrogens is 182 g/mol. The number of rotatable bonds is 6. The molecule has 4 nitrogen and oxygen atoms in total. The molecule has 0 unspecified atom stereocenters.